The van der Waals surface area contributed by atoms with Gasteiger partial charge in [-0.3, -0.25) is 0 Å². The third kappa shape index (κ3) is 5.88. The first kappa shape index (κ1) is 21.6. The van der Waals surface area contributed by atoms with Gasteiger partial charge in [-0.05, 0) is 73.0 Å². The van der Waals surface area contributed by atoms with Crippen LogP contribution in [0, 0.1) is 0 Å². The molecule has 7 heteroatoms. The number of alkyl carbamates (subject to hydrolysis) is 1. The second-order valence-electron chi connectivity index (χ2n) is 9.02. The van der Waals surface area contributed by atoms with E-state index in [4.69, 9.17) is 18.8 Å². The SMILES string of the molecule is C[C@H](COc1cccc(B2OC(C)(C)C(C)(C)O2)c1)NC(=O)OC(C)(C)C. The summed E-state index contributed by atoms with van der Waals surface area (Å²) in [6, 6.07) is 7.44. The number of carbonyl (C=O) groups excluding carboxylic acids is 1. The number of ether oxygens (including phenoxy) is 2. The van der Waals surface area contributed by atoms with Crippen LogP contribution in [0.3, 0.4) is 0 Å². The first-order valence-electron chi connectivity index (χ1n) is 9.37. The first-order chi connectivity index (χ1) is 12.3. The van der Waals surface area contributed by atoms with Crippen LogP contribution in [0.5, 0.6) is 5.75 Å². The highest BCUT2D eigenvalue weighted by Crippen LogP contribution is 2.36. The van der Waals surface area contributed by atoms with E-state index < -0.39 is 18.8 Å². The molecule has 0 saturated carbocycles. The predicted molar refractivity (Wildman–Crippen MR) is 106 cm³/mol. The molecule has 1 atom stereocenters. The van der Waals surface area contributed by atoms with Crippen molar-refractivity contribution < 1.29 is 23.6 Å². The smallest absolute Gasteiger partial charge is 0.491 e. The van der Waals surface area contributed by atoms with E-state index in [1.165, 1.54) is 0 Å². The average Bonchev–Trinajstić information content (AvgIpc) is 2.72. The van der Waals surface area contributed by atoms with Crippen LogP contribution in [0.1, 0.15) is 55.4 Å². The van der Waals surface area contributed by atoms with Gasteiger partial charge in [-0.1, -0.05) is 12.1 Å². The quantitative estimate of drug-likeness (QED) is 0.798. The summed E-state index contributed by atoms with van der Waals surface area (Å²) < 4.78 is 23.2. The number of nitrogens with one attached hydrogen (secondary N) is 1. The Morgan fingerprint density at radius 2 is 1.78 bits per heavy atom. The van der Waals surface area contributed by atoms with Crippen LogP contribution in [0.4, 0.5) is 4.79 Å². The summed E-state index contributed by atoms with van der Waals surface area (Å²) in [5.41, 5.74) is -0.401. The van der Waals surface area contributed by atoms with Crippen molar-refractivity contribution in [3.63, 3.8) is 0 Å². The van der Waals surface area contributed by atoms with Crippen molar-refractivity contribution >= 4 is 18.7 Å². The first-order valence-corrected chi connectivity index (χ1v) is 9.37. The molecule has 0 radical (unpaired) electrons. The lowest BCUT2D eigenvalue weighted by molar-refractivity contribution is 0.00578. The Bertz CT molecular complexity index is 653. The highest BCUT2D eigenvalue weighted by molar-refractivity contribution is 6.62. The molecule has 1 fully saturated rings. The molecular weight excluding hydrogens is 345 g/mol. The molecule has 27 heavy (non-hydrogen) atoms. The Morgan fingerprint density at radius 3 is 2.33 bits per heavy atom. The van der Waals surface area contributed by atoms with Crippen molar-refractivity contribution in [2.75, 3.05) is 6.61 Å². The fourth-order valence-electron chi connectivity index (χ4n) is 2.50. The lowest BCUT2D eigenvalue weighted by Gasteiger charge is -2.32. The highest BCUT2D eigenvalue weighted by Gasteiger charge is 2.51. The molecule has 1 saturated heterocycles. The second-order valence-corrected chi connectivity index (χ2v) is 9.02. The lowest BCUT2D eigenvalue weighted by atomic mass is 9.79. The fourth-order valence-corrected chi connectivity index (χ4v) is 2.50. The second kappa shape index (κ2) is 7.72. The van der Waals surface area contributed by atoms with Crippen LogP contribution in [-0.2, 0) is 14.0 Å². The fraction of sp³-hybridized carbons (Fsp3) is 0.650. The number of rotatable bonds is 5. The number of amides is 1. The topological polar surface area (TPSA) is 66.0 Å². The third-order valence-corrected chi connectivity index (χ3v) is 4.65. The minimum absolute atomic E-state index is 0.194. The molecule has 1 aliphatic heterocycles. The third-order valence-electron chi connectivity index (χ3n) is 4.65. The molecule has 6 nitrogen and oxygen atoms in total. The monoisotopic (exact) mass is 377 g/mol. The zero-order valence-electron chi connectivity index (χ0n) is 17.7. The van der Waals surface area contributed by atoms with E-state index in [1.807, 2.05) is 79.7 Å². The zero-order valence-corrected chi connectivity index (χ0v) is 17.7. The van der Waals surface area contributed by atoms with Crippen molar-refractivity contribution in [3.8, 4) is 5.75 Å². The van der Waals surface area contributed by atoms with Crippen LogP contribution in [0.2, 0.25) is 0 Å². The Hall–Kier alpha value is -1.73. The van der Waals surface area contributed by atoms with E-state index in [1.54, 1.807) is 0 Å². The molecule has 1 heterocycles. The van der Waals surface area contributed by atoms with Gasteiger partial charge in [0.15, 0.2) is 0 Å². The number of hydrogen-bond donors (Lipinski definition) is 1. The zero-order chi connectivity index (χ0) is 20.5. The number of benzene rings is 1. The Labute approximate surface area is 163 Å². The summed E-state index contributed by atoms with van der Waals surface area (Å²) >= 11 is 0. The molecule has 1 aliphatic rings. The molecule has 1 aromatic carbocycles. The van der Waals surface area contributed by atoms with Gasteiger partial charge in [-0.15, -0.1) is 0 Å². The summed E-state index contributed by atoms with van der Waals surface area (Å²) in [7, 11) is -0.434. The van der Waals surface area contributed by atoms with Gasteiger partial charge in [-0.2, -0.15) is 0 Å². The molecule has 1 amide bonds. The Kier molecular flexibility index (Phi) is 6.17. The van der Waals surface area contributed by atoms with Crippen molar-refractivity contribution in [1.82, 2.24) is 5.32 Å². The van der Waals surface area contributed by atoms with E-state index in [2.05, 4.69) is 5.32 Å². The van der Waals surface area contributed by atoms with E-state index >= 15 is 0 Å². The predicted octanol–water partition coefficient (Wildman–Crippen LogP) is 3.28. The molecule has 0 aliphatic carbocycles. The van der Waals surface area contributed by atoms with Gasteiger partial charge in [0.1, 0.15) is 18.0 Å². The number of carbonyl (C=O) groups is 1. The van der Waals surface area contributed by atoms with Gasteiger partial charge < -0.3 is 24.1 Å². The van der Waals surface area contributed by atoms with Crippen LogP contribution in [-0.4, -0.2) is 42.7 Å². The summed E-state index contributed by atoms with van der Waals surface area (Å²) in [5, 5.41) is 2.76. The number of hydrogen-bond acceptors (Lipinski definition) is 5. The van der Waals surface area contributed by atoms with Gasteiger partial charge >= 0.3 is 13.2 Å². The van der Waals surface area contributed by atoms with E-state index in [0.717, 1.165) is 5.46 Å². The molecular formula is C20H32BNO5. The standard InChI is InChI=1S/C20H32BNO5/c1-14(22-17(23)25-18(2,3)4)13-24-16-11-9-10-15(12-16)21-26-19(5,6)20(7,8)27-21/h9-12,14H,13H2,1-8H3,(H,22,23)/t14-/m1/s1. The molecule has 0 spiro atoms. The minimum Gasteiger partial charge on any atom is -0.491 e. The molecule has 0 bridgehead atoms. The van der Waals surface area contributed by atoms with Gasteiger partial charge in [0, 0.05) is 0 Å². The van der Waals surface area contributed by atoms with Crippen molar-refractivity contribution in [2.24, 2.45) is 0 Å². The average molecular weight is 377 g/mol. The van der Waals surface area contributed by atoms with Crippen molar-refractivity contribution in [3.05, 3.63) is 24.3 Å². The van der Waals surface area contributed by atoms with Gasteiger partial charge in [0.25, 0.3) is 0 Å². The largest absolute Gasteiger partial charge is 0.494 e. The summed E-state index contributed by atoms with van der Waals surface area (Å²) in [6.07, 6.45) is -0.454. The van der Waals surface area contributed by atoms with Gasteiger partial charge in [0.05, 0.1) is 17.2 Å². The molecule has 2 rings (SSSR count). The van der Waals surface area contributed by atoms with Crippen LogP contribution in [0.25, 0.3) is 0 Å². The maximum absolute atomic E-state index is 11.8. The van der Waals surface area contributed by atoms with Gasteiger partial charge in [-0.25, -0.2) is 4.79 Å². The molecule has 1 aromatic rings. The normalized spacial score (nSPS) is 19.5. The van der Waals surface area contributed by atoms with Gasteiger partial charge in [0.2, 0.25) is 0 Å². The van der Waals surface area contributed by atoms with E-state index in [0.29, 0.717) is 12.4 Å². The van der Waals surface area contributed by atoms with Crippen LogP contribution in [0.15, 0.2) is 24.3 Å². The highest BCUT2D eigenvalue weighted by atomic mass is 16.7. The Morgan fingerprint density at radius 1 is 1.19 bits per heavy atom. The molecule has 0 aromatic heterocycles. The Balaban J connectivity index is 1.92. The van der Waals surface area contributed by atoms with Crippen LogP contribution >= 0.6 is 0 Å². The van der Waals surface area contributed by atoms with E-state index in [-0.39, 0.29) is 17.2 Å². The maximum atomic E-state index is 11.8. The maximum Gasteiger partial charge on any atom is 0.494 e. The summed E-state index contributed by atoms with van der Waals surface area (Å²) in [4.78, 5) is 11.8. The molecule has 0 unspecified atom stereocenters. The van der Waals surface area contributed by atoms with E-state index in [9.17, 15) is 4.79 Å². The summed E-state index contributed by atoms with van der Waals surface area (Å²) in [6.45, 7) is 15.8. The van der Waals surface area contributed by atoms with Crippen LogP contribution < -0.4 is 15.5 Å². The minimum atomic E-state index is -0.526. The molecule has 1 N–H and O–H groups in total. The van der Waals surface area contributed by atoms with Crippen molar-refractivity contribution in [1.29, 1.82) is 0 Å². The molecule has 150 valence electrons. The lowest BCUT2D eigenvalue weighted by Crippen LogP contribution is -2.41. The van der Waals surface area contributed by atoms with Crippen molar-refractivity contribution in [2.45, 2.75) is 78.2 Å². The summed E-state index contributed by atoms with van der Waals surface area (Å²) in [5.74, 6) is 0.694.